The van der Waals surface area contributed by atoms with E-state index < -0.39 is 6.04 Å². The highest BCUT2D eigenvalue weighted by Gasteiger charge is 2.26. The van der Waals surface area contributed by atoms with Gasteiger partial charge in [0, 0.05) is 13.1 Å². The summed E-state index contributed by atoms with van der Waals surface area (Å²) in [5.74, 6) is 0.191. The largest absolute Gasteiger partial charge is 0.468 e. The Morgan fingerprint density at radius 2 is 2.35 bits per heavy atom. The van der Waals surface area contributed by atoms with E-state index in [1.54, 1.807) is 0 Å². The number of benzene rings is 1. The first-order chi connectivity index (χ1) is 9.58. The summed E-state index contributed by atoms with van der Waals surface area (Å²) in [5, 5.41) is 0. The molecule has 0 radical (unpaired) electrons. The molecular weight excluding hydrogens is 252 g/mol. The minimum Gasteiger partial charge on any atom is -0.468 e. The van der Waals surface area contributed by atoms with Gasteiger partial charge in [-0.05, 0) is 37.8 Å². The van der Waals surface area contributed by atoms with E-state index in [4.69, 9.17) is 5.73 Å². The molecule has 1 fully saturated rings. The van der Waals surface area contributed by atoms with Crippen molar-refractivity contribution in [3.8, 4) is 0 Å². The van der Waals surface area contributed by atoms with Crippen molar-refractivity contribution in [2.45, 2.75) is 32.4 Å². The van der Waals surface area contributed by atoms with Crippen LogP contribution in [-0.4, -0.2) is 37.1 Å². The molecule has 1 aliphatic rings. The summed E-state index contributed by atoms with van der Waals surface area (Å²) in [6, 6.07) is 8.13. The number of likely N-dealkylation sites (tertiary alicyclic amines) is 1. The van der Waals surface area contributed by atoms with E-state index in [-0.39, 0.29) is 5.97 Å². The number of carbonyl (C=O) groups is 1. The molecule has 0 aromatic heterocycles. The van der Waals surface area contributed by atoms with Crippen LogP contribution in [0.5, 0.6) is 0 Å². The molecule has 1 aromatic rings. The number of esters is 1. The quantitative estimate of drug-likeness (QED) is 0.832. The first-order valence-corrected chi connectivity index (χ1v) is 7.20. The van der Waals surface area contributed by atoms with E-state index in [9.17, 15) is 4.79 Å². The lowest BCUT2D eigenvalue weighted by atomic mass is 10.00. The number of carbonyl (C=O) groups excluding carboxylic acids is 1. The monoisotopic (exact) mass is 276 g/mol. The Hall–Kier alpha value is -1.39. The number of aryl methyl sites for hydroxylation is 1. The summed E-state index contributed by atoms with van der Waals surface area (Å²) in [4.78, 5) is 13.8. The molecule has 2 N–H and O–H groups in total. The van der Waals surface area contributed by atoms with Crippen molar-refractivity contribution in [2.24, 2.45) is 11.7 Å². The highest BCUT2D eigenvalue weighted by atomic mass is 16.5. The number of hydrogen-bond acceptors (Lipinski definition) is 4. The molecule has 4 heteroatoms. The highest BCUT2D eigenvalue weighted by Crippen LogP contribution is 2.22. The van der Waals surface area contributed by atoms with E-state index in [1.165, 1.54) is 18.2 Å². The number of nitrogens with zero attached hydrogens (tertiary/aromatic N) is 1. The van der Waals surface area contributed by atoms with Gasteiger partial charge in [-0.25, -0.2) is 0 Å². The van der Waals surface area contributed by atoms with Gasteiger partial charge < -0.3 is 10.5 Å². The standard InChI is InChI=1S/C16H24N2O2/c1-12-4-3-5-13(8-12)10-18-7-6-14(11-18)9-15(17)16(19)20-2/h3-5,8,14-15H,6-7,9-11,17H2,1-2H3. The Kier molecular flexibility index (Phi) is 5.15. The normalized spacial score (nSPS) is 20.9. The van der Waals surface area contributed by atoms with Crippen LogP contribution in [0.2, 0.25) is 0 Å². The Balaban J connectivity index is 1.82. The van der Waals surface area contributed by atoms with Crippen LogP contribution in [0, 0.1) is 12.8 Å². The maximum absolute atomic E-state index is 11.3. The maximum Gasteiger partial charge on any atom is 0.322 e. The van der Waals surface area contributed by atoms with Gasteiger partial charge in [0.1, 0.15) is 6.04 Å². The zero-order valence-electron chi connectivity index (χ0n) is 12.3. The van der Waals surface area contributed by atoms with Crippen molar-refractivity contribution in [1.29, 1.82) is 0 Å². The minimum atomic E-state index is -0.482. The lowest BCUT2D eigenvalue weighted by molar-refractivity contribution is -0.142. The molecular formula is C16H24N2O2. The molecule has 0 saturated carbocycles. The van der Waals surface area contributed by atoms with Gasteiger partial charge in [-0.15, -0.1) is 0 Å². The SMILES string of the molecule is COC(=O)C(N)CC1CCN(Cc2cccc(C)c2)C1. The molecule has 0 amide bonds. The number of ether oxygens (including phenoxy) is 1. The Bertz CT molecular complexity index is 462. The fourth-order valence-corrected chi connectivity index (χ4v) is 2.92. The fourth-order valence-electron chi connectivity index (χ4n) is 2.92. The van der Waals surface area contributed by atoms with Crippen LogP contribution in [0.4, 0.5) is 0 Å². The van der Waals surface area contributed by atoms with Gasteiger partial charge in [-0.1, -0.05) is 29.8 Å². The molecule has 2 atom stereocenters. The summed E-state index contributed by atoms with van der Waals surface area (Å²) in [6.45, 7) is 5.18. The highest BCUT2D eigenvalue weighted by molar-refractivity contribution is 5.75. The summed E-state index contributed by atoms with van der Waals surface area (Å²) < 4.78 is 4.68. The summed E-state index contributed by atoms with van der Waals surface area (Å²) in [6.07, 6.45) is 1.83. The molecule has 4 nitrogen and oxygen atoms in total. The zero-order valence-corrected chi connectivity index (χ0v) is 12.3. The molecule has 1 heterocycles. The molecule has 1 saturated heterocycles. The van der Waals surface area contributed by atoms with Gasteiger partial charge in [0.25, 0.3) is 0 Å². The van der Waals surface area contributed by atoms with Crippen LogP contribution in [-0.2, 0) is 16.1 Å². The molecule has 110 valence electrons. The summed E-state index contributed by atoms with van der Waals surface area (Å²) in [5.41, 5.74) is 8.48. The van der Waals surface area contributed by atoms with E-state index in [1.807, 2.05) is 0 Å². The van der Waals surface area contributed by atoms with Gasteiger partial charge >= 0.3 is 5.97 Å². The van der Waals surface area contributed by atoms with Crippen LogP contribution < -0.4 is 5.73 Å². The number of methoxy groups -OCH3 is 1. The van der Waals surface area contributed by atoms with E-state index >= 15 is 0 Å². The third kappa shape index (κ3) is 4.05. The predicted octanol–water partition coefficient (Wildman–Crippen LogP) is 1.71. The first kappa shape index (κ1) is 15.0. The fraction of sp³-hybridized carbons (Fsp3) is 0.562. The van der Waals surface area contributed by atoms with Crippen molar-refractivity contribution in [2.75, 3.05) is 20.2 Å². The van der Waals surface area contributed by atoms with Crippen molar-refractivity contribution in [3.05, 3.63) is 35.4 Å². The lowest BCUT2D eigenvalue weighted by Crippen LogP contribution is -2.34. The van der Waals surface area contributed by atoms with E-state index in [0.717, 1.165) is 32.5 Å². The average molecular weight is 276 g/mol. The molecule has 20 heavy (non-hydrogen) atoms. The Labute approximate surface area is 120 Å². The molecule has 0 aliphatic carbocycles. The molecule has 0 bridgehead atoms. The van der Waals surface area contributed by atoms with Gasteiger partial charge in [0.2, 0.25) is 0 Å². The first-order valence-electron chi connectivity index (χ1n) is 7.20. The van der Waals surface area contributed by atoms with E-state index in [0.29, 0.717) is 5.92 Å². The lowest BCUT2D eigenvalue weighted by Gasteiger charge is -2.17. The predicted molar refractivity (Wildman–Crippen MR) is 79.2 cm³/mol. The van der Waals surface area contributed by atoms with E-state index in [2.05, 4.69) is 40.8 Å². The third-order valence-corrected chi connectivity index (χ3v) is 3.95. The molecule has 2 rings (SSSR count). The topological polar surface area (TPSA) is 55.6 Å². The second kappa shape index (κ2) is 6.86. The van der Waals surface area contributed by atoms with Crippen LogP contribution in [0.15, 0.2) is 24.3 Å². The summed E-state index contributed by atoms with van der Waals surface area (Å²) in [7, 11) is 1.39. The van der Waals surface area contributed by atoms with Gasteiger partial charge in [0.15, 0.2) is 0 Å². The number of hydrogen-bond donors (Lipinski definition) is 1. The number of nitrogens with two attached hydrogens (primary N) is 1. The molecule has 1 aromatic carbocycles. The minimum absolute atomic E-state index is 0.304. The van der Waals surface area contributed by atoms with Crippen LogP contribution >= 0.6 is 0 Å². The maximum atomic E-state index is 11.3. The number of rotatable bonds is 5. The molecule has 0 spiro atoms. The second-order valence-corrected chi connectivity index (χ2v) is 5.74. The van der Waals surface area contributed by atoms with Crippen LogP contribution in [0.25, 0.3) is 0 Å². The second-order valence-electron chi connectivity index (χ2n) is 5.74. The Morgan fingerprint density at radius 1 is 1.55 bits per heavy atom. The smallest absolute Gasteiger partial charge is 0.322 e. The van der Waals surface area contributed by atoms with Gasteiger partial charge in [0.05, 0.1) is 7.11 Å². The summed E-state index contributed by atoms with van der Waals surface area (Å²) >= 11 is 0. The Morgan fingerprint density at radius 3 is 3.05 bits per heavy atom. The van der Waals surface area contributed by atoms with Crippen molar-refractivity contribution in [3.63, 3.8) is 0 Å². The van der Waals surface area contributed by atoms with Crippen LogP contribution in [0.3, 0.4) is 0 Å². The van der Waals surface area contributed by atoms with Crippen molar-refractivity contribution < 1.29 is 9.53 Å². The zero-order chi connectivity index (χ0) is 14.5. The molecule has 2 unspecified atom stereocenters. The van der Waals surface area contributed by atoms with Crippen molar-refractivity contribution in [1.82, 2.24) is 4.90 Å². The van der Waals surface area contributed by atoms with Crippen molar-refractivity contribution >= 4 is 5.97 Å². The molecule has 1 aliphatic heterocycles. The van der Waals surface area contributed by atoms with Gasteiger partial charge in [-0.2, -0.15) is 0 Å². The van der Waals surface area contributed by atoms with Crippen LogP contribution in [0.1, 0.15) is 24.0 Å². The average Bonchev–Trinajstić information content (AvgIpc) is 2.85. The van der Waals surface area contributed by atoms with Gasteiger partial charge in [-0.3, -0.25) is 9.69 Å². The third-order valence-electron chi connectivity index (χ3n) is 3.95.